The third-order valence-corrected chi connectivity index (χ3v) is 2.97. The molecule has 0 fully saturated rings. The van der Waals surface area contributed by atoms with Gasteiger partial charge in [-0.3, -0.25) is 0 Å². The summed E-state index contributed by atoms with van der Waals surface area (Å²) in [5.74, 6) is 0. The Morgan fingerprint density at radius 2 is 1.53 bits per heavy atom. The van der Waals surface area contributed by atoms with E-state index in [-0.39, 0.29) is 5.31 Å². The zero-order chi connectivity index (χ0) is 11.5. The number of hydrogen-bond donors (Lipinski definition) is 0. The van der Waals surface area contributed by atoms with Crippen molar-refractivity contribution >= 4 is 7.28 Å². The van der Waals surface area contributed by atoms with Crippen LogP contribution >= 0.6 is 0 Å². The maximum atomic E-state index is 2.33. The Bertz CT molecular complexity index is 297. The van der Waals surface area contributed by atoms with E-state index in [1.807, 2.05) is 0 Å². The van der Waals surface area contributed by atoms with Crippen LogP contribution < -0.4 is 0 Å². The van der Waals surface area contributed by atoms with Gasteiger partial charge >= 0.3 is 0 Å². The van der Waals surface area contributed by atoms with Crippen LogP contribution in [-0.4, -0.2) is 7.28 Å². The maximum absolute atomic E-state index is 2.33. The minimum Gasteiger partial charge on any atom is -0.0911 e. The monoisotopic (exact) mass is 201 g/mol. The van der Waals surface area contributed by atoms with Gasteiger partial charge in [0.05, 0.1) is 0 Å². The van der Waals surface area contributed by atoms with Crippen LogP contribution in [0.2, 0.25) is 6.82 Å². The van der Waals surface area contributed by atoms with E-state index in [4.69, 9.17) is 0 Å². The zero-order valence-corrected chi connectivity index (χ0v) is 10.7. The molecule has 0 N–H and O–H groups in total. The lowest BCUT2D eigenvalue weighted by Gasteiger charge is -2.35. The lowest BCUT2D eigenvalue weighted by molar-refractivity contribution is 0.325. The Kier molecular flexibility index (Phi) is 3.65. The van der Waals surface area contributed by atoms with Crippen molar-refractivity contribution in [2.24, 2.45) is 5.41 Å². The molecule has 81 valence electrons. The molecule has 0 aromatic heterocycles. The number of benzene rings is 1. The molecule has 1 aromatic carbocycles. The van der Waals surface area contributed by atoms with E-state index < -0.39 is 0 Å². The highest BCUT2D eigenvalue weighted by Crippen LogP contribution is 2.35. The van der Waals surface area contributed by atoms with Crippen LogP contribution in [0.1, 0.15) is 39.7 Å². The molecule has 0 saturated heterocycles. The summed E-state index contributed by atoms with van der Waals surface area (Å²) in [7, 11) is 2.33. The van der Waals surface area contributed by atoms with Gasteiger partial charge in [-0.2, -0.15) is 0 Å². The molecule has 1 unspecified atom stereocenters. The molecule has 1 aromatic rings. The molecule has 0 aliphatic rings. The Morgan fingerprint density at radius 1 is 1.00 bits per heavy atom. The van der Waals surface area contributed by atoms with Crippen LogP contribution in [0.5, 0.6) is 0 Å². The van der Waals surface area contributed by atoms with E-state index in [1.165, 1.54) is 12.0 Å². The SMILES string of the molecule is C[B]C(C)(CC(C)(C)C)c1ccccc1. The lowest BCUT2D eigenvalue weighted by Crippen LogP contribution is -2.32. The summed E-state index contributed by atoms with van der Waals surface area (Å²) < 4.78 is 0. The Hall–Kier alpha value is -0.715. The van der Waals surface area contributed by atoms with Crippen molar-refractivity contribution in [3.63, 3.8) is 0 Å². The molecule has 0 aliphatic heterocycles. The maximum Gasteiger partial charge on any atom is 0.120 e. The van der Waals surface area contributed by atoms with Gasteiger partial charge in [-0.15, -0.1) is 0 Å². The lowest BCUT2D eigenvalue weighted by atomic mass is 9.48. The third kappa shape index (κ3) is 3.41. The summed E-state index contributed by atoms with van der Waals surface area (Å²) in [6.07, 6.45) is 1.18. The van der Waals surface area contributed by atoms with Gasteiger partial charge in [0.15, 0.2) is 0 Å². The molecule has 0 bridgehead atoms. The van der Waals surface area contributed by atoms with Crippen molar-refractivity contribution < 1.29 is 0 Å². The van der Waals surface area contributed by atoms with E-state index in [9.17, 15) is 0 Å². The highest BCUT2D eigenvalue weighted by Gasteiger charge is 2.30. The van der Waals surface area contributed by atoms with Crippen molar-refractivity contribution in [3.05, 3.63) is 35.9 Å². The molecular weight excluding hydrogens is 179 g/mol. The molecule has 0 nitrogen and oxygen atoms in total. The van der Waals surface area contributed by atoms with E-state index in [2.05, 4.69) is 72.1 Å². The van der Waals surface area contributed by atoms with Crippen LogP contribution in [0.15, 0.2) is 30.3 Å². The second-order valence-corrected chi connectivity index (χ2v) is 5.81. The van der Waals surface area contributed by atoms with Crippen molar-refractivity contribution in [2.45, 2.75) is 46.3 Å². The van der Waals surface area contributed by atoms with Gasteiger partial charge in [0.25, 0.3) is 0 Å². The summed E-state index contributed by atoms with van der Waals surface area (Å²) in [4.78, 5) is 0. The van der Waals surface area contributed by atoms with Crippen molar-refractivity contribution in [1.29, 1.82) is 0 Å². The predicted octanol–water partition coefficient (Wildman–Crippen LogP) is 4.09. The number of rotatable bonds is 3. The van der Waals surface area contributed by atoms with Crippen molar-refractivity contribution in [2.75, 3.05) is 0 Å². The Balaban J connectivity index is 2.96. The summed E-state index contributed by atoms with van der Waals surface area (Å²) in [6.45, 7) is 11.4. The zero-order valence-electron chi connectivity index (χ0n) is 10.7. The molecule has 1 heteroatoms. The van der Waals surface area contributed by atoms with Gasteiger partial charge in [-0.1, -0.05) is 70.4 Å². The molecular formula is C14H22B. The van der Waals surface area contributed by atoms with E-state index in [0.29, 0.717) is 5.41 Å². The first-order valence-corrected chi connectivity index (χ1v) is 5.73. The van der Waals surface area contributed by atoms with Crippen molar-refractivity contribution in [1.82, 2.24) is 0 Å². The van der Waals surface area contributed by atoms with Gasteiger partial charge in [0.2, 0.25) is 0 Å². The largest absolute Gasteiger partial charge is 0.120 e. The van der Waals surface area contributed by atoms with Crippen molar-refractivity contribution in [3.8, 4) is 0 Å². The fraction of sp³-hybridized carbons (Fsp3) is 0.571. The van der Waals surface area contributed by atoms with Gasteiger partial charge in [0.1, 0.15) is 7.28 Å². The molecule has 0 heterocycles. The minimum atomic E-state index is 0.194. The van der Waals surface area contributed by atoms with Crippen LogP contribution in [0, 0.1) is 5.41 Å². The predicted molar refractivity (Wildman–Crippen MR) is 69.5 cm³/mol. The molecule has 0 saturated carbocycles. The second kappa shape index (κ2) is 4.43. The smallest absolute Gasteiger partial charge is 0.0911 e. The van der Waals surface area contributed by atoms with Crippen LogP contribution in [-0.2, 0) is 5.31 Å². The molecule has 15 heavy (non-hydrogen) atoms. The standard InChI is InChI=1S/C14H22B/c1-13(2,3)11-14(4,15-5)12-9-7-6-8-10-12/h6-10H,11H2,1-5H3. The fourth-order valence-electron chi connectivity index (χ4n) is 2.29. The first-order chi connectivity index (χ1) is 6.87. The third-order valence-electron chi connectivity index (χ3n) is 2.97. The topological polar surface area (TPSA) is 0 Å². The Morgan fingerprint density at radius 3 is 1.93 bits per heavy atom. The quantitative estimate of drug-likeness (QED) is 0.646. The van der Waals surface area contributed by atoms with Crippen LogP contribution in [0.4, 0.5) is 0 Å². The summed E-state index contributed by atoms with van der Waals surface area (Å²) in [6, 6.07) is 10.8. The van der Waals surface area contributed by atoms with Gasteiger partial charge in [-0.05, 0) is 17.2 Å². The Labute approximate surface area is 95.3 Å². The molecule has 0 amide bonds. The van der Waals surface area contributed by atoms with Crippen LogP contribution in [0.3, 0.4) is 0 Å². The highest BCUT2D eigenvalue weighted by atomic mass is 14.3. The second-order valence-electron chi connectivity index (χ2n) is 5.81. The fourth-order valence-corrected chi connectivity index (χ4v) is 2.29. The highest BCUT2D eigenvalue weighted by molar-refractivity contribution is 6.38. The normalized spacial score (nSPS) is 15.8. The minimum absolute atomic E-state index is 0.194. The molecule has 0 aliphatic carbocycles. The van der Waals surface area contributed by atoms with Gasteiger partial charge < -0.3 is 0 Å². The molecule has 0 spiro atoms. The molecule has 1 atom stereocenters. The molecule has 1 radical (unpaired) electrons. The average Bonchev–Trinajstić information content (AvgIpc) is 2.16. The first-order valence-electron chi connectivity index (χ1n) is 5.73. The van der Waals surface area contributed by atoms with Gasteiger partial charge in [0, 0.05) is 0 Å². The first kappa shape index (κ1) is 12.4. The molecule has 1 rings (SSSR count). The average molecular weight is 201 g/mol. The summed E-state index contributed by atoms with van der Waals surface area (Å²) >= 11 is 0. The van der Waals surface area contributed by atoms with E-state index >= 15 is 0 Å². The summed E-state index contributed by atoms with van der Waals surface area (Å²) in [5.41, 5.74) is 1.78. The van der Waals surface area contributed by atoms with E-state index in [1.54, 1.807) is 0 Å². The summed E-state index contributed by atoms with van der Waals surface area (Å²) in [5, 5.41) is 0.194. The number of hydrogen-bond acceptors (Lipinski definition) is 0. The van der Waals surface area contributed by atoms with Crippen LogP contribution in [0.25, 0.3) is 0 Å². The van der Waals surface area contributed by atoms with Gasteiger partial charge in [-0.25, -0.2) is 0 Å². The van der Waals surface area contributed by atoms with E-state index in [0.717, 1.165) is 0 Å².